The molecule has 1 fully saturated rings. The zero-order valence-electron chi connectivity index (χ0n) is 10.8. The molecule has 0 aliphatic carbocycles. The summed E-state index contributed by atoms with van der Waals surface area (Å²) in [6, 6.07) is 9.59. The molecule has 1 heterocycles. The van der Waals surface area contributed by atoms with Crippen molar-refractivity contribution in [1.82, 2.24) is 5.32 Å². The van der Waals surface area contributed by atoms with E-state index in [9.17, 15) is 0 Å². The van der Waals surface area contributed by atoms with Crippen molar-refractivity contribution in [2.45, 2.75) is 45.1 Å². The molecule has 2 N–H and O–H groups in total. The third-order valence-corrected chi connectivity index (χ3v) is 3.44. The average molecular weight is 232 g/mol. The minimum Gasteiger partial charge on any atom is -0.382 e. The molecule has 1 saturated heterocycles. The molecule has 94 valence electrons. The molecule has 0 saturated carbocycles. The fourth-order valence-electron chi connectivity index (χ4n) is 2.46. The Morgan fingerprint density at radius 1 is 1.18 bits per heavy atom. The highest BCUT2D eigenvalue weighted by molar-refractivity contribution is 5.45. The van der Waals surface area contributed by atoms with Crippen LogP contribution < -0.4 is 10.6 Å². The predicted molar refractivity (Wildman–Crippen MR) is 74.6 cm³/mol. The molecule has 1 aliphatic rings. The predicted octanol–water partition coefficient (Wildman–Crippen LogP) is 3.19. The van der Waals surface area contributed by atoms with Crippen molar-refractivity contribution < 1.29 is 0 Å². The van der Waals surface area contributed by atoms with Crippen molar-refractivity contribution in [2.75, 3.05) is 18.4 Å². The Morgan fingerprint density at radius 3 is 2.76 bits per heavy atom. The third-order valence-electron chi connectivity index (χ3n) is 3.44. The van der Waals surface area contributed by atoms with Gasteiger partial charge in [0.2, 0.25) is 0 Å². The standard InChI is InChI=1S/C15H24N2/c1-2-4-13-6-8-15(9-7-13)17-14-5-3-11-16-12-10-14/h6-9,14,16-17H,2-5,10-12H2,1H3. The lowest BCUT2D eigenvalue weighted by atomic mass is 10.1. The van der Waals surface area contributed by atoms with Gasteiger partial charge in [0, 0.05) is 11.7 Å². The molecule has 0 radical (unpaired) electrons. The Hall–Kier alpha value is -1.02. The second-order valence-electron chi connectivity index (χ2n) is 4.97. The number of nitrogens with one attached hydrogen (secondary N) is 2. The Kier molecular flexibility index (Phi) is 4.87. The third kappa shape index (κ3) is 4.04. The lowest BCUT2D eigenvalue weighted by Crippen LogP contribution is -2.21. The van der Waals surface area contributed by atoms with Crippen LogP contribution in [-0.2, 0) is 6.42 Å². The molecule has 2 heteroatoms. The summed E-state index contributed by atoms with van der Waals surface area (Å²) in [5.41, 5.74) is 2.72. The molecule has 1 aromatic carbocycles. The summed E-state index contributed by atoms with van der Waals surface area (Å²) >= 11 is 0. The van der Waals surface area contributed by atoms with Crippen LogP contribution in [0.4, 0.5) is 5.69 Å². The van der Waals surface area contributed by atoms with Gasteiger partial charge in [0.15, 0.2) is 0 Å². The van der Waals surface area contributed by atoms with Gasteiger partial charge in [-0.2, -0.15) is 0 Å². The van der Waals surface area contributed by atoms with E-state index in [1.54, 1.807) is 0 Å². The Balaban J connectivity index is 1.88. The number of hydrogen-bond acceptors (Lipinski definition) is 2. The summed E-state index contributed by atoms with van der Waals surface area (Å²) in [6.07, 6.45) is 6.21. The van der Waals surface area contributed by atoms with E-state index in [1.165, 1.54) is 49.9 Å². The number of hydrogen-bond donors (Lipinski definition) is 2. The summed E-state index contributed by atoms with van der Waals surface area (Å²) < 4.78 is 0. The van der Waals surface area contributed by atoms with E-state index in [-0.39, 0.29) is 0 Å². The summed E-state index contributed by atoms with van der Waals surface area (Å²) in [5, 5.41) is 7.10. The van der Waals surface area contributed by atoms with Crippen molar-refractivity contribution in [1.29, 1.82) is 0 Å². The highest BCUT2D eigenvalue weighted by Crippen LogP contribution is 2.16. The molecule has 2 nitrogen and oxygen atoms in total. The Labute approximate surface area is 105 Å². The van der Waals surface area contributed by atoms with Crippen LogP contribution in [0.5, 0.6) is 0 Å². The molecular formula is C15H24N2. The van der Waals surface area contributed by atoms with E-state index in [0.717, 1.165) is 6.54 Å². The number of rotatable bonds is 4. The quantitative estimate of drug-likeness (QED) is 0.833. The lowest BCUT2D eigenvalue weighted by Gasteiger charge is -2.17. The van der Waals surface area contributed by atoms with Gasteiger partial charge in [-0.3, -0.25) is 0 Å². The highest BCUT2D eigenvalue weighted by Gasteiger charge is 2.10. The minimum absolute atomic E-state index is 0.641. The topological polar surface area (TPSA) is 24.1 Å². The smallest absolute Gasteiger partial charge is 0.0342 e. The molecule has 0 bridgehead atoms. The summed E-state index contributed by atoms with van der Waals surface area (Å²) in [5.74, 6) is 0. The minimum atomic E-state index is 0.641. The van der Waals surface area contributed by atoms with E-state index >= 15 is 0 Å². The number of anilines is 1. The van der Waals surface area contributed by atoms with Crippen LogP contribution in [-0.4, -0.2) is 19.1 Å². The van der Waals surface area contributed by atoms with E-state index in [4.69, 9.17) is 0 Å². The molecule has 1 aromatic rings. The van der Waals surface area contributed by atoms with E-state index in [0.29, 0.717) is 6.04 Å². The zero-order chi connectivity index (χ0) is 11.9. The van der Waals surface area contributed by atoms with Gasteiger partial charge in [0.1, 0.15) is 0 Å². The fourth-order valence-corrected chi connectivity index (χ4v) is 2.46. The van der Waals surface area contributed by atoms with Gasteiger partial charge in [-0.05, 0) is 56.5 Å². The van der Waals surface area contributed by atoms with Crippen LogP contribution >= 0.6 is 0 Å². The maximum absolute atomic E-state index is 3.65. The first kappa shape index (κ1) is 12.4. The normalized spacial score (nSPS) is 20.9. The van der Waals surface area contributed by atoms with Gasteiger partial charge < -0.3 is 10.6 Å². The highest BCUT2D eigenvalue weighted by atomic mass is 14.9. The summed E-state index contributed by atoms with van der Waals surface area (Å²) in [4.78, 5) is 0. The van der Waals surface area contributed by atoms with Crippen LogP contribution in [0.15, 0.2) is 24.3 Å². The molecule has 1 atom stereocenters. The molecule has 1 aliphatic heterocycles. The number of benzene rings is 1. The van der Waals surface area contributed by atoms with Crippen molar-refractivity contribution in [2.24, 2.45) is 0 Å². The van der Waals surface area contributed by atoms with Crippen LogP contribution in [0.25, 0.3) is 0 Å². The maximum Gasteiger partial charge on any atom is 0.0342 e. The first-order chi connectivity index (χ1) is 8.38. The maximum atomic E-state index is 3.65. The largest absolute Gasteiger partial charge is 0.382 e. The fraction of sp³-hybridized carbons (Fsp3) is 0.600. The van der Waals surface area contributed by atoms with Crippen molar-refractivity contribution in [3.05, 3.63) is 29.8 Å². The first-order valence-electron chi connectivity index (χ1n) is 6.94. The second-order valence-corrected chi connectivity index (χ2v) is 4.97. The lowest BCUT2D eigenvalue weighted by molar-refractivity contribution is 0.637. The molecule has 0 amide bonds. The molecule has 1 unspecified atom stereocenters. The molecular weight excluding hydrogens is 208 g/mol. The molecule has 0 spiro atoms. The van der Waals surface area contributed by atoms with E-state index < -0.39 is 0 Å². The molecule has 17 heavy (non-hydrogen) atoms. The van der Waals surface area contributed by atoms with E-state index in [2.05, 4.69) is 41.8 Å². The molecule has 0 aromatic heterocycles. The SMILES string of the molecule is CCCc1ccc(NC2CCCNCC2)cc1. The van der Waals surface area contributed by atoms with Gasteiger partial charge in [0.25, 0.3) is 0 Å². The van der Waals surface area contributed by atoms with Gasteiger partial charge in [0.05, 0.1) is 0 Å². The van der Waals surface area contributed by atoms with Gasteiger partial charge in [-0.25, -0.2) is 0 Å². The monoisotopic (exact) mass is 232 g/mol. The number of aryl methyl sites for hydroxylation is 1. The van der Waals surface area contributed by atoms with Crippen molar-refractivity contribution >= 4 is 5.69 Å². The Morgan fingerprint density at radius 2 is 2.00 bits per heavy atom. The Bertz CT molecular complexity index is 310. The molecule has 2 rings (SSSR count). The van der Waals surface area contributed by atoms with Gasteiger partial charge >= 0.3 is 0 Å². The van der Waals surface area contributed by atoms with Crippen LogP contribution in [0, 0.1) is 0 Å². The van der Waals surface area contributed by atoms with Crippen LogP contribution in [0.3, 0.4) is 0 Å². The first-order valence-corrected chi connectivity index (χ1v) is 6.94. The summed E-state index contributed by atoms with van der Waals surface area (Å²) in [6.45, 7) is 4.55. The zero-order valence-corrected chi connectivity index (χ0v) is 10.8. The van der Waals surface area contributed by atoms with Crippen LogP contribution in [0.1, 0.15) is 38.2 Å². The van der Waals surface area contributed by atoms with E-state index in [1.807, 2.05) is 0 Å². The van der Waals surface area contributed by atoms with Gasteiger partial charge in [-0.15, -0.1) is 0 Å². The summed E-state index contributed by atoms with van der Waals surface area (Å²) in [7, 11) is 0. The van der Waals surface area contributed by atoms with Crippen LogP contribution in [0.2, 0.25) is 0 Å². The van der Waals surface area contributed by atoms with Gasteiger partial charge in [-0.1, -0.05) is 25.5 Å². The van der Waals surface area contributed by atoms with Crippen molar-refractivity contribution in [3.8, 4) is 0 Å². The second kappa shape index (κ2) is 6.65. The average Bonchev–Trinajstić information content (AvgIpc) is 2.61. The van der Waals surface area contributed by atoms with Crippen molar-refractivity contribution in [3.63, 3.8) is 0 Å².